The Bertz CT molecular complexity index is 1310. The maximum atomic E-state index is 14.0. The molecule has 10 nitrogen and oxygen atoms in total. The number of likely N-dealkylation sites (N-methyl/N-ethyl adjacent to an activating group) is 1. The molecule has 42 heavy (non-hydrogen) atoms. The molecule has 11 heteroatoms. The molecular formula is C31H46N4O6S. The lowest BCUT2D eigenvalue weighted by molar-refractivity contribution is -0.149. The Morgan fingerprint density at radius 3 is 2.38 bits per heavy atom. The molecule has 3 rings (SSSR count). The summed E-state index contributed by atoms with van der Waals surface area (Å²) in [7, 11) is -2.39. The second-order valence-corrected chi connectivity index (χ2v) is 14.4. The third-order valence-corrected chi connectivity index (χ3v) is 8.68. The van der Waals surface area contributed by atoms with Crippen molar-refractivity contribution in [1.29, 1.82) is 0 Å². The van der Waals surface area contributed by atoms with Crippen molar-refractivity contribution in [3.63, 3.8) is 0 Å². The number of hydrogen-bond acceptors (Lipinski definition) is 7. The summed E-state index contributed by atoms with van der Waals surface area (Å²) >= 11 is 0. The molecule has 0 radical (unpaired) electrons. The third-order valence-electron chi connectivity index (χ3n) is 6.85. The average molecular weight is 603 g/mol. The molecule has 0 unspecified atom stereocenters. The number of nitrogens with one attached hydrogen (secondary N) is 2. The van der Waals surface area contributed by atoms with E-state index in [1.54, 1.807) is 19.2 Å². The zero-order valence-electron chi connectivity index (χ0n) is 25.6. The number of carbonyl (C=O) groups is 2. The van der Waals surface area contributed by atoms with Crippen molar-refractivity contribution in [3.8, 4) is 5.75 Å². The largest absolute Gasteiger partial charge is 0.493 e. The molecule has 0 bridgehead atoms. The van der Waals surface area contributed by atoms with Gasteiger partial charge in [0, 0.05) is 25.9 Å². The summed E-state index contributed by atoms with van der Waals surface area (Å²) in [4.78, 5) is 26.5. The maximum absolute atomic E-state index is 14.0. The van der Waals surface area contributed by atoms with Crippen molar-refractivity contribution in [2.45, 2.75) is 70.9 Å². The van der Waals surface area contributed by atoms with Crippen LogP contribution in [0.15, 0.2) is 53.4 Å². The number of sulfonamides is 1. The van der Waals surface area contributed by atoms with Gasteiger partial charge in [0.05, 0.1) is 30.2 Å². The van der Waals surface area contributed by atoms with Crippen LogP contribution >= 0.6 is 0 Å². The summed E-state index contributed by atoms with van der Waals surface area (Å²) in [5.74, 6) is -0.176. The van der Waals surface area contributed by atoms with E-state index in [0.717, 1.165) is 11.1 Å². The molecule has 2 atom stereocenters. The minimum Gasteiger partial charge on any atom is -0.493 e. The standard InChI is InChI=1S/C31H46N4O6S/c1-22(2)20-34(42(39,40)25-12-13-28-24(17-25)14-15-41-28)21-27(36)26(16-23-10-8-7-9-11-23)35(33-29(37)19-32-6)30(38)18-31(3,4)5/h7-13,17,22,26-27,32,36H,14-16,18-21H2,1-6H3,(H,33,37)/t26-,27+/m0/s1. The van der Waals surface area contributed by atoms with Gasteiger partial charge in [0.1, 0.15) is 5.75 Å². The third kappa shape index (κ3) is 9.26. The van der Waals surface area contributed by atoms with E-state index in [1.165, 1.54) is 15.4 Å². The fraction of sp³-hybridized carbons (Fsp3) is 0.548. The number of nitrogens with zero attached hydrogens (tertiary/aromatic N) is 2. The van der Waals surface area contributed by atoms with Crippen molar-refractivity contribution in [2.24, 2.45) is 11.3 Å². The van der Waals surface area contributed by atoms with Crippen LogP contribution in [0.1, 0.15) is 52.2 Å². The Hall–Kier alpha value is -2.99. The van der Waals surface area contributed by atoms with Crippen molar-refractivity contribution >= 4 is 21.8 Å². The number of aliphatic hydroxyl groups excluding tert-OH is 1. The van der Waals surface area contributed by atoms with E-state index >= 15 is 0 Å². The van der Waals surface area contributed by atoms with Gasteiger partial charge in [-0.25, -0.2) is 13.4 Å². The van der Waals surface area contributed by atoms with Gasteiger partial charge >= 0.3 is 0 Å². The van der Waals surface area contributed by atoms with E-state index in [2.05, 4.69) is 10.7 Å². The SMILES string of the molecule is CNCC(=O)NN(C(=O)CC(C)(C)C)[C@@H](Cc1ccccc1)[C@H](O)CN(CC(C)C)S(=O)(=O)c1ccc2c(c1)CCO2. The number of benzene rings is 2. The number of hydrogen-bond donors (Lipinski definition) is 3. The highest BCUT2D eigenvalue weighted by molar-refractivity contribution is 7.89. The van der Waals surface area contributed by atoms with Gasteiger partial charge in [-0.1, -0.05) is 65.0 Å². The first-order chi connectivity index (χ1) is 19.7. The second kappa shape index (κ2) is 14.5. The zero-order chi connectivity index (χ0) is 31.1. The van der Waals surface area contributed by atoms with Crippen molar-refractivity contribution < 1.29 is 27.9 Å². The van der Waals surface area contributed by atoms with Gasteiger partial charge in [0.2, 0.25) is 15.9 Å². The number of carbonyl (C=O) groups excluding carboxylic acids is 2. The van der Waals surface area contributed by atoms with E-state index in [0.29, 0.717) is 18.8 Å². The summed E-state index contributed by atoms with van der Waals surface area (Å²) in [6.45, 7) is 9.92. The molecule has 0 spiro atoms. The Morgan fingerprint density at radius 1 is 1.07 bits per heavy atom. The molecule has 1 heterocycles. The Kier molecular flexibility index (Phi) is 11.5. The molecule has 232 valence electrons. The number of aliphatic hydroxyl groups is 1. The van der Waals surface area contributed by atoms with Gasteiger partial charge in [0.25, 0.3) is 5.91 Å². The molecule has 1 aliphatic heterocycles. The van der Waals surface area contributed by atoms with Gasteiger partial charge in [-0.2, -0.15) is 4.31 Å². The lowest BCUT2D eigenvalue weighted by Gasteiger charge is -2.38. The van der Waals surface area contributed by atoms with Crippen molar-refractivity contribution in [3.05, 3.63) is 59.7 Å². The highest BCUT2D eigenvalue weighted by Gasteiger charge is 2.37. The molecule has 0 saturated carbocycles. The van der Waals surface area contributed by atoms with Crippen LogP contribution in [0.25, 0.3) is 0 Å². The lowest BCUT2D eigenvalue weighted by atomic mass is 9.91. The minimum atomic E-state index is -4.01. The van der Waals surface area contributed by atoms with E-state index in [4.69, 9.17) is 4.74 Å². The molecule has 0 aliphatic carbocycles. The predicted molar refractivity (Wildman–Crippen MR) is 162 cm³/mol. The van der Waals surface area contributed by atoms with E-state index in [-0.39, 0.29) is 49.2 Å². The van der Waals surface area contributed by atoms with Crippen LogP contribution in [0, 0.1) is 11.3 Å². The minimum absolute atomic E-state index is 0.0359. The average Bonchev–Trinajstić information content (AvgIpc) is 3.38. The van der Waals surface area contributed by atoms with E-state index in [9.17, 15) is 23.1 Å². The monoisotopic (exact) mass is 602 g/mol. The Morgan fingerprint density at radius 2 is 1.76 bits per heavy atom. The molecule has 2 amide bonds. The molecular weight excluding hydrogens is 556 g/mol. The summed E-state index contributed by atoms with van der Waals surface area (Å²) in [5.41, 5.74) is 3.96. The van der Waals surface area contributed by atoms with Crippen LogP contribution in [-0.2, 0) is 32.5 Å². The van der Waals surface area contributed by atoms with E-state index in [1.807, 2.05) is 65.0 Å². The highest BCUT2D eigenvalue weighted by Crippen LogP contribution is 2.30. The van der Waals surface area contributed by atoms with Gasteiger partial charge in [0.15, 0.2) is 0 Å². The molecule has 0 fully saturated rings. The number of rotatable bonds is 13. The summed E-state index contributed by atoms with van der Waals surface area (Å²) < 4.78 is 34.7. The molecule has 0 aromatic heterocycles. The predicted octanol–water partition coefficient (Wildman–Crippen LogP) is 2.76. The molecule has 1 aliphatic rings. The normalized spacial score (nSPS) is 14.8. The molecule has 0 saturated heterocycles. The fourth-order valence-corrected chi connectivity index (χ4v) is 6.61. The summed E-state index contributed by atoms with van der Waals surface area (Å²) in [6, 6.07) is 13.2. The van der Waals surface area contributed by atoms with Crippen LogP contribution < -0.4 is 15.5 Å². The quantitative estimate of drug-likeness (QED) is 0.301. The first-order valence-corrected chi connectivity index (χ1v) is 15.9. The summed E-state index contributed by atoms with van der Waals surface area (Å²) in [6.07, 6.45) is -0.392. The van der Waals surface area contributed by atoms with Gasteiger partial charge in [-0.3, -0.25) is 15.0 Å². The van der Waals surface area contributed by atoms with Crippen LogP contribution in [0.5, 0.6) is 5.75 Å². The van der Waals surface area contributed by atoms with Crippen LogP contribution in [0.4, 0.5) is 0 Å². The first kappa shape index (κ1) is 33.5. The topological polar surface area (TPSA) is 128 Å². The number of amides is 2. The number of ether oxygens (including phenoxy) is 1. The fourth-order valence-electron chi connectivity index (χ4n) is 4.94. The van der Waals surface area contributed by atoms with Crippen LogP contribution in [-0.4, -0.2) is 80.1 Å². The van der Waals surface area contributed by atoms with Gasteiger partial charge in [-0.05, 0) is 54.1 Å². The summed E-state index contributed by atoms with van der Waals surface area (Å²) in [5, 5.41) is 15.8. The molecule has 2 aromatic rings. The van der Waals surface area contributed by atoms with Crippen LogP contribution in [0.2, 0.25) is 0 Å². The van der Waals surface area contributed by atoms with E-state index < -0.39 is 33.5 Å². The second-order valence-electron chi connectivity index (χ2n) is 12.5. The van der Waals surface area contributed by atoms with Gasteiger partial charge in [-0.15, -0.1) is 0 Å². The number of fused-ring (bicyclic) bond motifs is 1. The van der Waals surface area contributed by atoms with Crippen molar-refractivity contribution in [1.82, 2.24) is 20.1 Å². The number of hydrazine groups is 1. The smallest absolute Gasteiger partial charge is 0.252 e. The molecule has 2 aromatic carbocycles. The van der Waals surface area contributed by atoms with Crippen LogP contribution in [0.3, 0.4) is 0 Å². The van der Waals surface area contributed by atoms with Crippen molar-refractivity contribution in [2.75, 3.05) is 33.3 Å². The van der Waals surface area contributed by atoms with Gasteiger partial charge < -0.3 is 15.2 Å². The molecule has 3 N–H and O–H groups in total. The highest BCUT2D eigenvalue weighted by atomic mass is 32.2. The first-order valence-electron chi connectivity index (χ1n) is 14.4. The lowest BCUT2D eigenvalue weighted by Crippen LogP contribution is -2.60. The maximum Gasteiger partial charge on any atom is 0.252 e. The Labute approximate surface area is 250 Å². The zero-order valence-corrected chi connectivity index (χ0v) is 26.4. The Balaban J connectivity index is 2.01.